The number of phenols is 1. The number of nitrogens with two attached hydrogens (primary N) is 1. The van der Waals surface area contributed by atoms with Crippen LogP contribution in [0.5, 0.6) is 5.75 Å². The predicted octanol–water partition coefficient (Wildman–Crippen LogP) is 3.19. The SMILES string of the molecule is C/C=C(/NC(=O)CCCCCCC)C(=O)N/C(=C/C)C(=O)N[C@@H](C(=O)N[C@H](C(=O)Nc1ccc(C(N)=O)cc1)c1ccc(O)cc1)[C@@H](O)C(C)C. The van der Waals surface area contributed by atoms with Crippen molar-refractivity contribution in [3.05, 3.63) is 83.2 Å². The number of aliphatic hydroxyl groups is 1. The lowest BCUT2D eigenvalue weighted by Crippen LogP contribution is -2.57. The van der Waals surface area contributed by atoms with Crippen LogP contribution in [-0.2, 0) is 24.0 Å². The lowest BCUT2D eigenvalue weighted by Gasteiger charge is -2.28. The summed E-state index contributed by atoms with van der Waals surface area (Å²) in [5.74, 6) is -4.94. The maximum atomic E-state index is 13.8. The average Bonchev–Trinajstić information content (AvgIpc) is 3.10. The number of unbranched alkanes of at least 4 members (excludes halogenated alkanes) is 4. The normalized spacial score (nSPS) is 13.4. The number of carbonyl (C=O) groups is 6. The van der Waals surface area contributed by atoms with Crippen LogP contribution in [0, 0.1) is 5.92 Å². The molecule has 0 radical (unpaired) electrons. The summed E-state index contributed by atoms with van der Waals surface area (Å²) in [6, 6.07) is 8.23. The number of carbonyl (C=O) groups excluding carboxylic acids is 6. The molecule has 0 spiro atoms. The third kappa shape index (κ3) is 13.4. The van der Waals surface area contributed by atoms with Crippen molar-refractivity contribution < 1.29 is 39.0 Å². The molecule has 0 fully saturated rings. The average molecular weight is 707 g/mol. The molecule has 0 aromatic heterocycles. The topological polar surface area (TPSA) is 229 Å². The van der Waals surface area contributed by atoms with Gasteiger partial charge in [-0.2, -0.15) is 0 Å². The highest BCUT2D eigenvalue weighted by Crippen LogP contribution is 2.21. The fourth-order valence-electron chi connectivity index (χ4n) is 4.85. The van der Waals surface area contributed by atoms with E-state index in [-0.39, 0.29) is 46.3 Å². The summed E-state index contributed by atoms with van der Waals surface area (Å²) in [5, 5.41) is 33.5. The minimum absolute atomic E-state index is 0.0655. The second kappa shape index (κ2) is 20.9. The first-order chi connectivity index (χ1) is 24.2. The van der Waals surface area contributed by atoms with E-state index in [4.69, 9.17) is 5.73 Å². The summed E-state index contributed by atoms with van der Waals surface area (Å²) in [6.07, 6.45) is 6.24. The molecule has 6 amide bonds. The van der Waals surface area contributed by atoms with Gasteiger partial charge >= 0.3 is 0 Å². The van der Waals surface area contributed by atoms with Crippen molar-refractivity contribution in [3.63, 3.8) is 0 Å². The first-order valence-electron chi connectivity index (χ1n) is 16.9. The molecule has 2 rings (SSSR count). The molecular weight excluding hydrogens is 656 g/mol. The number of phenolic OH excluding ortho intramolecular Hbond substituents is 1. The number of benzene rings is 2. The molecule has 0 aliphatic rings. The molecule has 0 saturated carbocycles. The number of allylic oxidation sites excluding steroid dienone is 2. The zero-order valence-corrected chi connectivity index (χ0v) is 29.7. The highest BCUT2D eigenvalue weighted by Gasteiger charge is 2.35. The molecule has 0 heterocycles. The minimum atomic E-state index is -1.60. The van der Waals surface area contributed by atoms with Crippen LogP contribution in [0.1, 0.15) is 95.1 Å². The number of amides is 6. The molecule has 0 bridgehead atoms. The van der Waals surface area contributed by atoms with Gasteiger partial charge in [-0.25, -0.2) is 0 Å². The van der Waals surface area contributed by atoms with Crippen LogP contribution in [0.4, 0.5) is 5.69 Å². The van der Waals surface area contributed by atoms with Gasteiger partial charge in [0.25, 0.3) is 17.7 Å². The number of hydrogen-bond donors (Lipinski definition) is 8. The van der Waals surface area contributed by atoms with Crippen LogP contribution >= 0.6 is 0 Å². The van der Waals surface area contributed by atoms with Crippen LogP contribution in [-0.4, -0.2) is 57.8 Å². The molecule has 14 nitrogen and oxygen atoms in total. The predicted molar refractivity (Wildman–Crippen MR) is 193 cm³/mol. The van der Waals surface area contributed by atoms with Crippen molar-refractivity contribution in [2.45, 2.75) is 91.3 Å². The van der Waals surface area contributed by atoms with Crippen LogP contribution in [0.3, 0.4) is 0 Å². The maximum Gasteiger partial charge on any atom is 0.271 e. The molecule has 0 saturated heterocycles. The van der Waals surface area contributed by atoms with Crippen LogP contribution in [0.25, 0.3) is 0 Å². The van der Waals surface area contributed by atoms with Gasteiger partial charge in [-0.3, -0.25) is 28.8 Å². The Morgan fingerprint density at radius 1 is 0.765 bits per heavy atom. The minimum Gasteiger partial charge on any atom is -0.508 e. The molecule has 0 aliphatic carbocycles. The van der Waals surface area contributed by atoms with E-state index in [0.717, 1.165) is 25.7 Å². The van der Waals surface area contributed by atoms with Crippen molar-refractivity contribution >= 4 is 41.1 Å². The number of hydrogen-bond acceptors (Lipinski definition) is 8. The molecule has 14 heteroatoms. The summed E-state index contributed by atoms with van der Waals surface area (Å²) < 4.78 is 0. The van der Waals surface area contributed by atoms with E-state index in [2.05, 4.69) is 33.5 Å². The zero-order chi connectivity index (χ0) is 38.1. The molecule has 0 unspecified atom stereocenters. The molecule has 2 aromatic rings. The number of anilines is 1. The lowest BCUT2D eigenvalue weighted by atomic mass is 9.97. The molecule has 3 atom stereocenters. The van der Waals surface area contributed by atoms with Crippen LogP contribution in [0.15, 0.2) is 72.1 Å². The highest BCUT2D eigenvalue weighted by atomic mass is 16.3. The monoisotopic (exact) mass is 706 g/mol. The van der Waals surface area contributed by atoms with Crippen molar-refractivity contribution in [1.82, 2.24) is 21.3 Å². The van der Waals surface area contributed by atoms with Crippen LogP contribution < -0.4 is 32.3 Å². The van der Waals surface area contributed by atoms with Gasteiger partial charge in [0.1, 0.15) is 29.2 Å². The van der Waals surface area contributed by atoms with E-state index in [1.165, 1.54) is 67.6 Å². The third-order valence-electron chi connectivity index (χ3n) is 7.90. The number of primary amides is 1. The number of aromatic hydroxyl groups is 1. The Labute approximate surface area is 298 Å². The highest BCUT2D eigenvalue weighted by molar-refractivity contribution is 6.05. The molecule has 2 aromatic carbocycles. The Balaban J connectivity index is 2.24. The van der Waals surface area contributed by atoms with Crippen molar-refractivity contribution in [2.24, 2.45) is 11.7 Å². The summed E-state index contributed by atoms with van der Waals surface area (Å²) in [4.78, 5) is 77.6. The fourth-order valence-corrected chi connectivity index (χ4v) is 4.85. The van der Waals surface area contributed by atoms with Crippen molar-refractivity contribution in [2.75, 3.05) is 5.32 Å². The Kier molecular flexibility index (Phi) is 17.1. The zero-order valence-electron chi connectivity index (χ0n) is 29.7. The largest absolute Gasteiger partial charge is 0.508 e. The van der Waals surface area contributed by atoms with Gasteiger partial charge < -0.3 is 42.5 Å². The molecule has 9 N–H and O–H groups in total. The lowest BCUT2D eigenvalue weighted by molar-refractivity contribution is -0.133. The number of nitrogens with one attached hydrogen (secondary N) is 5. The van der Waals surface area contributed by atoms with Gasteiger partial charge in [0.15, 0.2) is 0 Å². The summed E-state index contributed by atoms with van der Waals surface area (Å²) in [7, 11) is 0. The number of aliphatic hydroxyl groups excluding tert-OH is 1. The van der Waals surface area contributed by atoms with Crippen molar-refractivity contribution in [1.29, 1.82) is 0 Å². The first-order valence-corrected chi connectivity index (χ1v) is 16.9. The first kappa shape index (κ1) is 41.7. The quantitative estimate of drug-likeness (QED) is 0.0797. The standard InChI is InChI=1S/C37H50N6O8/c1-6-9-10-11-12-13-29(45)40-27(7-2)34(48)41-28(8-3)35(49)43-31(32(46)22(4)5)37(51)42-30(23-16-20-26(44)21-17-23)36(50)39-25-18-14-24(15-19-25)33(38)47/h7-8,14-22,30-32,44,46H,6,9-13H2,1-5H3,(H2,38,47)(H,39,50)(H,40,45)(H,41,48)(H,42,51)(H,43,49)/b27-7+,28-8+/t30-,31+,32-/m0/s1. The molecule has 51 heavy (non-hydrogen) atoms. The van der Waals surface area contributed by atoms with E-state index in [0.29, 0.717) is 6.42 Å². The smallest absolute Gasteiger partial charge is 0.271 e. The summed E-state index contributed by atoms with van der Waals surface area (Å²) in [5.41, 5.74) is 5.74. The summed E-state index contributed by atoms with van der Waals surface area (Å²) in [6.45, 7) is 8.38. The van der Waals surface area contributed by atoms with E-state index in [1.54, 1.807) is 20.8 Å². The van der Waals surface area contributed by atoms with Gasteiger partial charge in [0, 0.05) is 17.7 Å². The Morgan fingerprint density at radius 2 is 1.35 bits per heavy atom. The van der Waals surface area contributed by atoms with Crippen LogP contribution in [0.2, 0.25) is 0 Å². The third-order valence-corrected chi connectivity index (χ3v) is 7.90. The maximum absolute atomic E-state index is 13.8. The second-order valence-electron chi connectivity index (χ2n) is 12.2. The Morgan fingerprint density at radius 3 is 1.90 bits per heavy atom. The second-order valence-corrected chi connectivity index (χ2v) is 12.2. The van der Waals surface area contributed by atoms with E-state index >= 15 is 0 Å². The van der Waals surface area contributed by atoms with Gasteiger partial charge in [0.05, 0.1) is 6.10 Å². The fraction of sp³-hybridized carbons (Fsp3) is 0.405. The molecular formula is C37H50N6O8. The van der Waals surface area contributed by atoms with Crippen molar-refractivity contribution in [3.8, 4) is 5.75 Å². The van der Waals surface area contributed by atoms with Gasteiger partial charge in [-0.1, -0.05) is 70.7 Å². The Hall–Kier alpha value is -5.50. The van der Waals surface area contributed by atoms with E-state index < -0.39 is 53.6 Å². The van der Waals surface area contributed by atoms with E-state index in [9.17, 15) is 39.0 Å². The van der Waals surface area contributed by atoms with Gasteiger partial charge in [-0.05, 0) is 68.1 Å². The number of rotatable bonds is 19. The summed E-state index contributed by atoms with van der Waals surface area (Å²) >= 11 is 0. The van der Waals surface area contributed by atoms with E-state index in [1.807, 2.05) is 0 Å². The molecule has 0 aliphatic heterocycles. The molecule has 276 valence electrons. The van der Waals surface area contributed by atoms with Gasteiger partial charge in [-0.15, -0.1) is 0 Å². The van der Waals surface area contributed by atoms with Gasteiger partial charge in [0.2, 0.25) is 17.7 Å². The Bertz CT molecular complexity index is 1580.